The van der Waals surface area contributed by atoms with E-state index < -0.39 is 23.2 Å². The highest BCUT2D eigenvalue weighted by molar-refractivity contribution is 6.31. The Morgan fingerprint density at radius 1 is 1.24 bits per heavy atom. The molecule has 2 amide bonds. The van der Waals surface area contributed by atoms with Crippen LogP contribution in [0.1, 0.15) is 47.7 Å². The number of likely N-dealkylation sites (tertiary alicyclic amines) is 1. The molecule has 9 heteroatoms. The Labute approximate surface area is 203 Å². The van der Waals surface area contributed by atoms with Gasteiger partial charge in [0.05, 0.1) is 27.8 Å². The second-order valence-electron chi connectivity index (χ2n) is 9.00. The van der Waals surface area contributed by atoms with E-state index in [1.165, 1.54) is 13.1 Å². The van der Waals surface area contributed by atoms with Gasteiger partial charge in [-0.1, -0.05) is 49.7 Å². The van der Waals surface area contributed by atoms with Crippen molar-refractivity contribution in [3.63, 3.8) is 0 Å². The monoisotopic (exact) mass is 491 g/mol. The van der Waals surface area contributed by atoms with Gasteiger partial charge in [-0.05, 0) is 35.6 Å². The minimum atomic E-state index is -0.962. The maximum Gasteiger partial charge on any atom is 0.253 e. The minimum absolute atomic E-state index is 0.0337. The lowest BCUT2D eigenvalue weighted by Gasteiger charge is -2.50. The van der Waals surface area contributed by atoms with Crippen LogP contribution in [0.5, 0.6) is 0 Å². The Morgan fingerprint density at radius 2 is 1.91 bits per heavy atom. The molecule has 1 aliphatic heterocycles. The molecule has 0 aromatic heterocycles. The highest BCUT2D eigenvalue weighted by Gasteiger charge is 2.52. The van der Waals surface area contributed by atoms with E-state index in [2.05, 4.69) is 10.6 Å². The first-order chi connectivity index (χ1) is 16.1. The number of carbonyl (C=O) groups excluding carboxylic acids is 2. The van der Waals surface area contributed by atoms with Crippen molar-refractivity contribution >= 4 is 29.1 Å². The summed E-state index contributed by atoms with van der Waals surface area (Å²) >= 11 is 5.88. The summed E-state index contributed by atoms with van der Waals surface area (Å²) in [5.41, 5.74) is 0.999. The summed E-state index contributed by atoms with van der Waals surface area (Å²) in [5, 5.41) is 24.2. The van der Waals surface area contributed by atoms with Gasteiger partial charge in [0, 0.05) is 33.3 Å². The Bertz CT molecular complexity index is 1060. The van der Waals surface area contributed by atoms with Crippen LogP contribution in [0.2, 0.25) is 5.02 Å². The molecule has 1 aliphatic rings. The Balaban J connectivity index is 1.99. The molecule has 7 nitrogen and oxygen atoms in total. The molecule has 1 atom stereocenters. The van der Waals surface area contributed by atoms with Crippen LogP contribution >= 0.6 is 11.6 Å². The minimum Gasteiger partial charge on any atom is -0.396 e. The van der Waals surface area contributed by atoms with Crippen molar-refractivity contribution in [2.45, 2.75) is 37.7 Å². The van der Waals surface area contributed by atoms with Gasteiger partial charge in [0.2, 0.25) is 5.91 Å². The molecule has 3 rings (SSSR count). The van der Waals surface area contributed by atoms with Crippen LogP contribution in [-0.4, -0.2) is 66.3 Å². The van der Waals surface area contributed by atoms with Crippen molar-refractivity contribution in [1.82, 2.24) is 10.2 Å². The van der Waals surface area contributed by atoms with Gasteiger partial charge < -0.3 is 20.8 Å². The molecule has 1 unspecified atom stereocenters. The zero-order chi connectivity index (χ0) is 25.0. The quantitative estimate of drug-likeness (QED) is 0.432. The molecule has 0 bridgehead atoms. The number of benzene rings is 2. The number of amides is 2. The highest BCUT2D eigenvalue weighted by atomic mass is 35.5. The molecule has 2 aromatic rings. The summed E-state index contributed by atoms with van der Waals surface area (Å²) in [5.74, 6) is -1.47. The number of aliphatic hydroxyl groups excluding tert-OH is 2. The van der Waals surface area contributed by atoms with E-state index in [1.54, 1.807) is 0 Å². The standard InChI is InChI=1S/C25H31ClFN3O4/c1-15(2)17-6-4-5-7-19(17)25(13-30(14-25)12-16(32)8-9-31)24(34)29-22-11-21(27)20(26)10-18(22)23(33)28-3/h4-7,10-11,15-16,31-32H,8-9,12-14H2,1-3H3,(H,28,33)(H,29,34). The molecule has 0 saturated carbocycles. The molecule has 0 radical (unpaired) electrons. The number of nitrogens with zero attached hydrogens (tertiary/aromatic N) is 1. The third-order valence-corrected chi connectivity index (χ3v) is 6.52. The lowest BCUT2D eigenvalue weighted by Crippen LogP contribution is -2.66. The van der Waals surface area contributed by atoms with E-state index in [0.29, 0.717) is 19.6 Å². The number of carbonyl (C=O) groups is 2. The molecule has 4 N–H and O–H groups in total. The average molecular weight is 492 g/mol. The summed E-state index contributed by atoms with van der Waals surface area (Å²) in [6, 6.07) is 9.93. The molecule has 1 heterocycles. The van der Waals surface area contributed by atoms with E-state index in [-0.39, 0.29) is 41.1 Å². The third kappa shape index (κ3) is 5.25. The van der Waals surface area contributed by atoms with Gasteiger partial charge in [0.1, 0.15) is 5.82 Å². The Kier molecular flexibility index (Phi) is 8.30. The first kappa shape index (κ1) is 26.1. The van der Waals surface area contributed by atoms with E-state index >= 15 is 0 Å². The molecule has 0 aliphatic carbocycles. The molecule has 1 saturated heterocycles. The van der Waals surface area contributed by atoms with E-state index in [9.17, 15) is 19.1 Å². The van der Waals surface area contributed by atoms with Crippen molar-refractivity contribution in [3.05, 3.63) is 63.9 Å². The summed E-state index contributed by atoms with van der Waals surface area (Å²) in [6.45, 7) is 4.95. The maximum atomic E-state index is 14.3. The van der Waals surface area contributed by atoms with Crippen LogP contribution < -0.4 is 10.6 Å². The third-order valence-electron chi connectivity index (χ3n) is 6.23. The summed E-state index contributed by atoms with van der Waals surface area (Å²) in [7, 11) is 1.44. The van der Waals surface area contributed by atoms with Crippen LogP contribution in [0.15, 0.2) is 36.4 Å². The Morgan fingerprint density at radius 3 is 2.53 bits per heavy atom. The van der Waals surface area contributed by atoms with E-state index in [1.807, 2.05) is 43.0 Å². The molecular formula is C25H31ClFN3O4. The van der Waals surface area contributed by atoms with Crippen molar-refractivity contribution in [2.24, 2.45) is 0 Å². The van der Waals surface area contributed by atoms with Crippen LogP contribution in [-0.2, 0) is 10.2 Å². The SMILES string of the molecule is CNC(=O)c1cc(Cl)c(F)cc1NC(=O)C1(c2ccccc2C(C)C)CN(CC(O)CCO)C1. The maximum absolute atomic E-state index is 14.3. The van der Waals surface area contributed by atoms with Crippen molar-refractivity contribution in [3.8, 4) is 0 Å². The molecular weight excluding hydrogens is 461 g/mol. The second-order valence-corrected chi connectivity index (χ2v) is 9.41. The van der Waals surface area contributed by atoms with E-state index in [4.69, 9.17) is 16.7 Å². The number of hydrogen-bond acceptors (Lipinski definition) is 5. The van der Waals surface area contributed by atoms with Gasteiger partial charge in [0.15, 0.2) is 0 Å². The largest absolute Gasteiger partial charge is 0.396 e. The number of anilines is 1. The molecule has 1 fully saturated rings. The smallest absolute Gasteiger partial charge is 0.253 e. The zero-order valence-corrected chi connectivity index (χ0v) is 20.3. The summed E-state index contributed by atoms with van der Waals surface area (Å²) in [4.78, 5) is 28.1. The number of aliphatic hydroxyl groups is 2. The number of nitrogens with one attached hydrogen (secondary N) is 2. The first-order valence-electron chi connectivity index (χ1n) is 11.3. The van der Waals surface area contributed by atoms with Gasteiger partial charge in [-0.15, -0.1) is 0 Å². The van der Waals surface area contributed by atoms with Crippen molar-refractivity contribution in [2.75, 3.05) is 38.6 Å². The molecule has 34 heavy (non-hydrogen) atoms. The lowest BCUT2D eigenvalue weighted by molar-refractivity contribution is -0.129. The fourth-order valence-corrected chi connectivity index (χ4v) is 4.64. The lowest BCUT2D eigenvalue weighted by atomic mass is 9.69. The fraction of sp³-hybridized carbons (Fsp3) is 0.440. The Hall–Kier alpha value is -2.52. The molecule has 0 spiro atoms. The summed E-state index contributed by atoms with van der Waals surface area (Å²) < 4.78 is 14.3. The zero-order valence-electron chi connectivity index (χ0n) is 19.6. The topological polar surface area (TPSA) is 102 Å². The number of hydrogen-bond donors (Lipinski definition) is 4. The second kappa shape index (κ2) is 10.8. The number of halogens is 2. The van der Waals surface area contributed by atoms with Crippen molar-refractivity contribution < 1.29 is 24.2 Å². The average Bonchev–Trinajstić information content (AvgIpc) is 2.77. The van der Waals surface area contributed by atoms with Crippen LogP contribution in [0.25, 0.3) is 0 Å². The van der Waals surface area contributed by atoms with Crippen molar-refractivity contribution in [1.29, 1.82) is 0 Å². The summed E-state index contributed by atoms with van der Waals surface area (Å²) in [6.07, 6.45) is -0.464. The van der Waals surface area contributed by atoms with Gasteiger partial charge >= 0.3 is 0 Å². The van der Waals surface area contributed by atoms with Gasteiger partial charge in [-0.3, -0.25) is 14.5 Å². The van der Waals surface area contributed by atoms with Crippen LogP contribution in [0.3, 0.4) is 0 Å². The van der Waals surface area contributed by atoms with Gasteiger partial charge in [0.25, 0.3) is 5.91 Å². The number of β-amino-alcohol motifs (C(OH)–C–C–N with tert-alkyl or cyclic N) is 1. The van der Waals surface area contributed by atoms with Gasteiger partial charge in [-0.25, -0.2) is 4.39 Å². The predicted octanol–water partition coefficient (Wildman–Crippen LogP) is 2.90. The predicted molar refractivity (Wildman–Crippen MR) is 130 cm³/mol. The highest BCUT2D eigenvalue weighted by Crippen LogP contribution is 2.40. The normalized spacial score (nSPS) is 16.1. The molecule has 2 aromatic carbocycles. The van der Waals surface area contributed by atoms with Crippen LogP contribution in [0.4, 0.5) is 10.1 Å². The molecule has 184 valence electrons. The van der Waals surface area contributed by atoms with E-state index in [0.717, 1.165) is 17.2 Å². The number of rotatable bonds is 9. The van der Waals surface area contributed by atoms with Crippen LogP contribution in [0, 0.1) is 5.82 Å². The first-order valence-corrected chi connectivity index (χ1v) is 11.6. The fourth-order valence-electron chi connectivity index (χ4n) is 4.47. The van der Waals surface area contributed by atoms with Gasteiger partial charge in [-0.2, -0.15) is 0 Å².